The lowest BCUT2D eigenvalue weighted by Crippen LogP contribution is -2.20. The lowest BCUT2D eigenvalue weighted by molar-refractivity contribution is 0.199. The minimum Gasteiger partial charge on any atom is -0.383 e. The highest BCUT2D eigenvalue weighted by atomic mass is 79.9. The Morgan fingerprint density at radius 3 is 2.78 bits per heavy atom. The van der Waals surface area contributed by atoms with Crippen molar-refractivity contribution in [2.24, 2.45) is 0 Å². The highest BCUT2D eigenvalue weighted by Gasteiger charge is 2.00. The van der Waals surface area contributed by atoms with Crippen LogP contribution < -0.4 is 5.32 Å². The number of benzene rings is 1. The monoisotopic (exact) mass is 317 g/mol. The van der Waals surface area contributed by atoms with E-state index in [-0.39, 0.29) is 5.82 Å². The second-order valence-corrected chi connectivity index (χ2v) is 5.16. The summed E-state index contributed by atoms with van der Waals surface area (Å²) in [5.41, 5.74) is 1.19. The molecule has 0 aliphatic carbocycles. The van der Waals surface area contributed by atoms with Crippen molar-refractivity contribution in [1.29, 1.82) is 0 Å². The Bertz CT molecular complexity index is 347. The van der Waals surface area contributed by atoms with Gasteiger partial charge in [0.25, 0.3) is 0 Å². The molecule has 0 saturated carbocycles. The molecule has 1 N–H and O–H groups in total. The normalized spacial score (nSPS) is 10.8. The fourth-order valence-corrected chi connectivity index (χ4v) is 2.18. The fraction of sp³-hybridized carbons (Fsp3) is 0.571. The van der Waals surface area contributed by atoms with Gasteiger partial charge in [-0.1, -0.05) is 12.5 Å². The number of aryl methyl sites for hydroxylation is 1. The van der Waals surface area contributed by atoms with Crippen LogP contribution in [0, 0.1) is 5.82 Å². The van der Waals surface area contributed by atoms with Crippen molar-refractivity contribution in [3.63, 3.8) is 0 Å². The smallest absolute Gasteiger partial charge is 0.137 e. The maximum atomic E-state index is 13.0. The number of unbranched alkanes of at least 4 members (excludes halogenated alkanes) is 2. The first kappa shape index (κ1) is 15.6. The predicted molar refractivity (Wildman–Crippen MR) is 76.4 cm³/mol. The average Bonchev–Trinajstić information content (AvgIpc) is 2.37. The molecule has 0 aliphatic heterocycles. The van der Waals surface area contributed by atoms with Gasteiger partial charge in [-0.25, -0.2) is 4.39 Å². The van der Waals surface area contributed by atoms with E-state index in [1.807, 2.05) is 12.1 Å². The van der Waals surface area contributed by atoms with Crippen LogP contribution in [0.25, 0.3) is 0 Å². The summed E-state index contributed by atoms with van der Waals surface area (Å²) < 4.78 is 18.5. The summed E-state index contributed by atoms with van der Waals surface area (Å²) in [7, 11) is 1.71. The van der Waals surface area contributed by atoms with Crippen LogP contribution in [0.1, 0.15) is 24.8 Å². The van der Waals surface area contributed by atoms with E-state index in [1.54, 1.807) is 7.11 Å². The summed E-state index contributed by atoms with van der Waals surface area (Å²) >= 11 is 3.21. The predicted octanol–water partition coefficient (Wildman–Crippen LogP) is 3.54. The zero-order chi connectivity index (χ0) is 13.2. The Balaban J connectivity index is 2.05. The van der Waals surface area contributed by atoms with E-state index in [2.05, 4.69) is 21.2 Å². The van der Waals surface area contributed by atoms with Gasteiger partial charge in [-0.05, 0) is 59.4 Å². The molecule has 0 fully saturated rings. The number of hydrogen-bond donors (Lipinski definition) is 1. The number of methoxy groups -OCH3 is 1. The molecule has 1 aromatic rings. The number of hydrogen-bond acceptors (Lipinski definition) is 2. The van der Waals surface area contributed by atoms with Crippen LogP contribution in [0.2, 0.25) is 0 Å². The summed E-state index contributed by atoms with van der Waals surface area (Å²) in [4.78, 5) is 0. The molecule has 0 aliphatic rings. The highest BCUT2D eigenvalue weighted by molar-refractivity contribution is 9.10. The first-order valence-corrected chi connectivity index (χ1v) is 7.17. The Labute approximate surface area is 117 Å². The first-order chi connectivity index (χ1) is 8.74. The van der Waals surface area contributed by atoms with Gasteiger partial charge in [0.2, 0.25) is 0 Å². The lowest BCUT2D eigenvalue weighted by Gasteiger charge is -2.05. The topological polar surface area (TPSA) is 21.3 Å². The Kier molecular flexibility index (Phi) is 8.22. The van der Waals surface area contributed by atoms with Gasteiger partial charge in [-0.2, -0.15) is 0 Å². The number of halogens is 2. The van der Waals surface area contributed by atoms with Gasteiger partial charge >= 0.3 is 0 Å². The number of nitrogens with one attached hydrogen (secondary N) is 1. The maximum absolute atomic E-state index is 13.0. The molecule has 0 unspecified atom stereocenters. The number of ether oxygens (including phenoxy) is 1. The summed E-state index contributed by atoms with van der Waals surface area (Å²) in [5, 5.41) is 3.32. The van der Waals surface area contributed by atoms with E-state index in [1.165, 1.54) is 24.5 Å². The van der Waals surface area contributed by atoms with E-state index in [0.717, 1.165) is 32.5 Å². The second kappa shape index (κ2) is 9.48. The minimum absolute atomic E-state index is 0.193. The van der Waals surface area contributed by atoms with Crippen molar-refractivity contribution in [3.8, 4) is 0 Å². The molecule has 0 atom stereocenters. The largest absolute Gasteiger partial charge is 0.383 e. The Morgan fingerprint density at radius 2 is 2.06 bits per heavy atom. The van der Waals surface area contributed by atoms with Gasteiger partial charge in [0.05, 0.1) is 11.1 Å². The second-order valence-electron chi connectivity index (χ2n) is 4.30. The number of rotatable bonds is 9. The molecule has 0 spiro atoms. The van der Waals surface area contributed by atoms with Crippen LogP contribution in [0.5, 0.6) is 0 Å². The van der Waals surface area contributed by atoms with E-state index >= 15 is 0 Å². The summed E-state index contributed by atoms with van der Waals surface area (Å²) in [6, 6.07) is 5.24. The zero-order valence-corrected chi connectivity index (χ0v) is 12.4. The molecule has 0 radical (unpaired) electrons. The van der Waals surface area contributed by atoms with Crippen LogP contribution >= 0.6 is 15.9 Å². The lowest BCUT2D eigenvalue weighted by atomic mass is 10.1. The van der Waals surface area contributed by atoms with E-state index in [4.69, 9.17) is 4.74 Å². The average molecular weight is 318 g/mol. The third-order valence-corrected chi connectivity index (χ3v) is 3.39. The summed E-state index contributed by atoms with van der Waals surface area (Å²) in [5.74, 6) is -0.193. The molecule has 4 heteroatoms. The molecule has 0 heterocycles. The molecule has 0 amide bonds. The molecule has 18 heavy (non-hydrogen) atoms. The van der Waals surface area contributed by atoms with Crippen molar-refractivity contribution in [3.05, 3.63) is 34.1 Å². The quantitative estimate of drug-likeness (QED) is 0.703. The Morgan fingerprint density at radius 1 is 1.22 bits per heavy atom. The van der Waals surface area contributed by atoms with E-state index < -0.39 is 0 Å². The van der Waals surface area contributed by atoms with Gasteiger partial charge < -0.3 is 10.1 Å². The van der Waals surface area contributed by atoms with Gasteiger partial charge in [0, 0.05) is 13.7 Å². The van der Waals surface area contributed by atoms with Gasteiger partial charge in [-0.3, -0.25) is 0 Å². The fourth-order valence-electron chi connectivity index (χ4n) is 1.75. The third-order valence-electron chi connectivity index (χ3n) is 2.79. The first-order valence-electron chi connectivity index (χ1n) is 6.37. The summed E-state index contributed by atoms with van der Waals surface area (Å²) in [6.45, 7) is 2.72. The molecule has 0 aromatic heterocycles. The van der Waals surface area contributed by atoms with Crippen LogP contribution in [0.4, 0.5) is 4.39 Å². The van der Waals surface area contributed by atoms with E-state index in [0.29, 0.717) is 4.47 Å². The third kappa shape index (κ3) is 6.47. The van der Waals surface area contributed by atoms with Crippen molar-refractivity contribution in [1.82, 2.24) is 5.32 Å². The molecule has 102 valence electrons. The van der Waals surface area contributed by atoms with Crippen LogP contribution in [-0.2, 0) is 11.2 Å². The van der Waals surface area contributed by atoms with Crippen LogP contribution in [-0.4, -0.2) is 26.8 Å². The molecular weight excluding hydrogens is 297 g/mol. The van der Waals surface area contributed by atoms with Crippen molar-refractivity contribution in [2.45, 2.75) is 25.7 Å². The standard InChI is InChI=1S/C14H21BrFNO/c1-18-10-9-17-8-4-2-3-5-12-6-7-14(16)13(15)11-12/h6-7,11,17H,2-5,8-10H2,1H3. The van der Waals surface area contributed by atoms with Gasteiger partial charge in [0.15, 0.2) is 0 Å². The molecule has 0 bridgehead atoms. The van der Waals surface area contributed by atoms with Gasteiger partial charge in [-0.15, -0.1) is 0 Å². The molecule has 0 saturated heterocycles. The van der Waals surface area contributed by atoms with Crippen LogP contribution in [0.3, 0.4) is 0 Å². The Hall–Kier alpha value is -0.450. The van der Waals surface area contributed by atoms with Crippen molar-refractivity contribution >= 4 is 15.9 Å². The summed E-state index contributed by atoms with van der Waals surface area (Å²) in [6.07, 6.45) is 4.52. The highest BCUT2D eigenvalue weighted by Crippen LogP contribution is 2.18. The van der Waals surface area contributed by atoms with Crippen LogP contribution in [0.15, 0.2) is 22.7 Å². The van der Waals surface area contributed by atoms with Crippen molar-refractivity contribution < 1.29 is 9.13 Å². The molecular formula is C14H21BrFNO. The minimum atomic E-state index is -0.193. The molecule has 1 rings (SSSR count). The molecule has 2 nitrogen and oxygen atoms in total. The van der Waals surface area contributed by atoms with Gasteiger partial charge in [0.1, 0.15) is 5.82 Å². The molecule has 1 aromatic carbocycles. The zero-order valence-electron chi connectivity index (χ0n) is 10.8. The van der Waals surface area contributed by atoms with Crippen molar-refractivity contribution in [2.75, 3.05) is 26.8 Å². The maximum Gasteiger partial charge on any atom is 0.137 e. The SMILES string of the molecule is COCCNCCCCCc1ccc(F)c(Br)c1. The van der Waals surface area contributed by atoms with E-state index in [9.17, 15) is 4.39 Å².